The molecule has 3 nitrogen and oxygen atoms in total. The van der Waals surface area contributed by atoms with Gasteiger partial charge in [0.2, 0.25) is 0 Å². The predicted octanol–water partition coefficient (Wildman–Crippen LogP) is 1.23. The molecular weight excluding hydrogens is 176 g/mol. The molecule has 0 fully saturated rings. The average Bonchev–Trinajstić information content (AvgIpc) is 2.27. The lowest BCUT2D eigenvalue weighted by atomic mass is 10.1. The minimum atomic E-state index is -0.680. The summed E-state index contributed by atoms with van der Waals surface area (Å²) >= 11 is 0. The molecule has 2 rings (SSSR count). The standard InChI is InChI=1S/C11H12N2O/c12-7-10(14)11-9-4-2-1-3-8(9)5-6-13-11/h1-6,10,14H,7,12H2. The van der Waals surface area contributed by atoms with Crippen LogP contribution in [0.15, 0.2) is 36.5 Å². The molecule has 0 saturated carbocycles. The molecule has 2 aromatic rings. The molecule has 1 aromatic heterocycles. The van der Waals surface area contributed by atoms with Crippen LogP contribution in [0, 0.1) is 0 Å². The molecule has 0 aliphatic carbocycles. The van der Waals surface area contributed by atoms with E-state index in [0.717, 1.165) is 10.8 Å². The number of hydrogen-bond acceptors (Lipinski definition) is 3. The van der Waals surface area contributed by atoms with Gasteiger partial charge in [-0.3, -0.25) is 4.98 Å². The van der Waals surface area contributed by atoms with Crippen LogP contribution in [0.4, 0.5) is 0 Å². The largest absolute Gasteiger partial charge is 0.385 e. The monoisotopic (exact) mass is 188 g/mol. The topological polar surface area (TPSA) is 59.1 Å². The van der Waals surface area contributed by atoms with E-state index >= 15 is 0 Å². The highest BCUT2D eigenvalue weighted by molar-refractivity contribution is 5.84. The third kappa shape index (κ3) is 1.47. The van der Waals surface area contributed by atoms with Gasteiger partial charge in [-0.15, -0.1) is 0 Å². The second-order valence-corrected chi connectivity index (χ2v) is 3.17. The summed E-state index contributed by atoms with van der Waals surface area (Å²) in [5.41, 5.74) is 6.06. The first-order chi connectivity index (χ1) is 6.83. The number of pyridine rings is 1. The van der Waals surface area contributed by atoms with E-state index in [0.29, 0.717) is 5.69 Å². The van der Waals surface area contributed by atoms with Crippen molar-refractivity contribution in [2.75, 3.05) is 6.54 Å². The fourth-order valence-electron chi connectivity index (χ4n) is 1.52. The first-order valence-corrected chi connectivity index (χ1v) is 4.54. The Morgan fingerprint density at radius 1 is 1.29 bits per heavy atom. The summed E-state index contributed by atoms with van der Waals surface area (Å²) in [6.45, 7) is 0.195. The number of aliphatic hydroxyl groups excluding tert-OH is 1. The summed E-state index contributed by atoms with van der Waals surface area (Å²) in [7, 11) is 0. The molecule has 0 aliphatic heterocycles. The van der Waals surface area contributed by atoms with Crippen LogP contribution in [0.3, 0.4) is 0 Å². The third-order valence-corrected chi connectivity index (χ3v) is 2.24. The van der Waals surface area contributed by atoms with Crippen LogP contribution >= 0.6 is 0 Å². The normalized spacial score (nSPS) is 13.0. The van der Waals surface area contributed by atoms with E-state index in [1.165, 1.54) is 0 Å². The van der Waals surface area contributed by atoms with Crippen molar-refractivity contribution in [1.29, 1.82) is 0 Å². The minimum Gasteiger partial charge on any atom is -0.385 e. The number of aromatic nitrogens is 1. The van der Waals surface area contributed by atoms with Gasteiger partial charge in [0.25, 0.3) is 0 Å². The van der Waals surface area contributed by atoms with E-state index in [4.69, 9.17) is 5.73 Å². The van der Waals surface area contributed by atoms with Gasteiger partial charge in [-0.1, -0.05) is 24.3 Å². The molecular formula is C11H12N2O. The zero-order valence-electron chi connectivity index (χ0n) is 7.72. The van der Waals surface area contributed by atoms with E-state index in [2.05, 4.69) is 4.98 Å². The van der Waals surface area contributed by atoms with Gasteiger partial charge in [-0.05, 0) is 11.5 Å². The molecule has 14 heavy (non-hydrogen) atoms. The molecule has 1 aromatic carbocycles. The Morgan fingerprint density at radius 2 is 2.07 bits per heavy atom. The van der Waals surface area contributed by atoms with E-state index in [1.807, 2.05) is 30.3 Å². The summed E-state index contributed by atoms with van der Waals surface area (Å²) < 4.78 is 0. The van der Waals surface area contributed by atoms with Crippen LogP contribution in [0.5, 0.6) is 0 Å². The summed E-state index contributed by atoms with van der Waals surface area (Å²) in [5.74, 6) is 0. The van der Waals surface area contributed by atoms with Gasteiger partial charge in [-0.2, -0.15) is 0 Å². The van der Waals surface area contributed by atoms with Gasteiger partial charge in [0.1, 0.15) is 6.10 Å². The zero-order valence-corrected chi connectivity index (χ0v) is 7.72. The fraction of sp³-hybridized carbons (Fsp3) is 0.182. The van der Waals surface area contributed by atoms with E-state index < -0.39 is 6.10 Å². The average molecular weight is 188 g/mol. The van der Waals surface area contributed by atoms with Gasteiger partial charge >= 0.3 is 0 Å². The van der Waals surface area contributed by atoms with Gasteiger partial charge in [0.15, 0.2) is 0 Å². The van der Waals surface area contributed by atoms with Crippen molar-refractivity contribution in [1.82, 2.24) is 4.98 Å². The number of fused-ring (bicyclic) bond motifs is 1. The van der Waals surface area contributed by atoms with Gasteiger partial charge in [0, 0.05) is 18.1 Å². The lowest BCUT2D eigenvalue weighted by Gasteiger charge is -2.09. The summed E-state index contributed by atoms with van der Waals surface area (Å²) in [6.07, 6.45) is 1.01. The van der Waals surface area contributed by atoms with Crippen LogP contribution in [-0.2, 0) is 0 Å². The van der Waals surface area contributed by atoms with Crippen LogP contribution in [0.25, 0.3) is 10.8 Å². The molecule has 0 aliphatic rings. The lowest BCUT2D eigenvalue weighted by Crippen LogP contribution is -2.13. The molecule has 1 unspecified atom stereocenters. The smallest absolute Gasteiger partial charge is 0.109 e. The van der Waals surface area contributed by atoms with Crippen LogP contribution in [-0.4, -0.2) is 16.6 Å². The van der Waals surface area contributed by atoms with Crippen molar-refractivity contribution in [2.24, 2.45) is 5.73 Å². The number of nitrogens with two attached hydrogens (primary N) is 1. The van der Waals surface area contributed by atoms with Crippen molar-refractivity contribution in [3.05, 3.63) is 42.2 Å². The number of hydrogen-bond donors (Lipinski definition) is 2. The molecule has 0 radical (unpaired) electrons. The molecule has 3 N–H and O–H groups in total. The molecule has 3 heteroatoms. The van der Waals surface area contributed by atoms with Crippen molar-refractivity contribution >= 4 is 10.8 Å². The molecule has 1 atom stereocenters. The van der Waals surface area contributed by atoms with Gasteiger partial charge in [-0.25, -0.2) is 0 Å². The Kier molecular flexibility index (Phi) is 2.43. The highest BCUT2D eigenvalue weighted by atomic mass is 16.3. The van der Waals surface area contributed by atoms with E-state index in [-0.39, 0.29) is 6.54 Å². The Bertz CT molecular complexity index is 437. The van der Waals surface area contributed by atoms with Crippen LogP contribution in [0.2, 0.25) is 0 Å². The second-order valence-electron chi connectivity index (χ2n) is 3.17. The van der Waals surface area contributed by atoms with Crippen molar-refractivity contribution in [2.45, 2.75) is 6.10 Å². The SMILES string of the molecule is NCC(O)c1nccc2ccccc12. The zero-order chi connectivity index (χ0) is 9.97. The van der Waals surface area contributed by atoms with Gasteiger partial charge < -0.3 is 10.8 Å². The molecule has 0 saturated heterocycles. The van der Waals surface area contributed by atoms with Crippen LogP contribution < -0.4 is 5.73 Å². The fourth-order valence-corrected chi connectivity index (χ4v) is 1.52. The first-order valence-electron chi connectivity index (χ1n) is 4.54. The van der Waals surface area contributed by atoms with Gasteiger partial charge in [0.05, 0.1) is 5.69 Å². The molecule has 0 spiro atoms. The quantitative estimate of drug-likeness (QED) is 0.745. The maximum absolute atomic E-state index is 9.64. The minimum absolute atomic E-state index is 0.195. The second kappa shape index (κ2) is 3.74. The Morgan fingerprint density at radius 3 is 2.86 bits per heavy atom. The number of rotatable bonds is 2. The first kappa shape index (κ1) is 9.12. The van der Waals surface area contributed by atoms with Crippen molar-refractivity contribution < 1.29 is 5.11 Å². The maximum Gasteiger partial charge on any atom is 0.109 e. The summed E-state index contributed by atoms with van der Waals surface area (Å²) in [6, 6.07) is 9.74. The number of nitrogens with zero attached hydrogens (tertiary/aromatic N) is 1. The highest BCUT2D eigenvalue weighted by Gasteiger charge is 2.09. The van der Waals surface area contributed by atoms with E-state index in [1.54, 1.807) is 6.20 Å². The molecule has 0 bridgehead atoms. The van der Waals surface area contributed by atoms with Crippen molar-refractivity contribution in [3.63, 3.8) is 0 Å². The number of benzene rings is 1. The predicted molar refractivity (Wildman–Crippen MR) is 55.8 cm³/mol. The Balaban J connectivity index is 2.65. The Labute approximate surface area is 82.2 Å². The van der Waals surface area contributed by atoms with Crippen LogP contribution in [0.1, 0.15) is 11.8 Å². The lowest BCUT2D eigenvalue weighted by molar-refractivity contribution is 0.183. The number of aliphatic hydroxyl groups is 1. The molecule has 72 valence electrons. The third-order valence-electron chi connectivity index (χ3n) is 2.24. The van der Waals surface area contributed by atoms with E-state index in [9.17, 15) is 5.11 Å². The van der Waals surface area contributed by atoms with Crippen molar-refractivity contribution in [3.8, 4) is 0 Å². The maximum atomic E-state index is 9.64. The summed E-state index contributed by atoms with van der Waals surface area (Å²) in [4.78, 5) is 4.15. The summed E-state index contributed by atoms with van der Waals surface area (Å²) in [5, 5.41) is 11.7. The molecule has 0 amide bonds. The molecule has 1 heterocycles. The highest BCUT2D eigenvalue weighted by Crippen LogP contribution is 2.20. The Hall–Kier alpha value is -1.45.